The fourth-order valence-corrected chi connectivity index (χ4v) is 7.70. The molecular weight excluding hydrogens is 346 g/mol. The molecule has 0 heterocycles. The Morgan fingerprint density at radius 3 is 2.30 bits per heavy atom. The van der Waals surface area contributed by atoms with Gasteiger partial charge in [0.15, 0.2) is 8.32 Å². The molecule has 2 rings (SSSR count). The average Bonchev–Trinajstić information content (AvgIpc) is 2.91. The standard InChI is InChI=1S/C24H43NOSi/c1-8-27(9-2,10-3)26-23(22-14-12-11-13-19(22)4)18-25-17-21-15-20(5)24(6,7)16-21/h11-14,20-21,23,25H,8-10,15-18H2,1-7H3/t20-,21?,23?/m1/s1. The Kier molecular flexibility index (Phi) is 8.14. The summed E-state index contributed by atoms with van der Waals surface area (Å²) in [6.07, 6.45) is 2.88. The van der Waals surface area contributed by atoms with Gasteiger partial charge >= 0.3 is 0 Å². The van der Waals surface area contributed by atoms with Gasteiger partial charge in [0, 0.05) is 6.54 Å². The second-order valence-electron chi connectivity index (χ2n) is 9.56. The predicted molar refractivity (Wildman–Crippen MR) is 121 cm³/mol. The van der Waals surface area contributed by atoms with Crippen LogP contribution in [0.4, 0.5) is 0 Å². The minimum Gasteiger partial charge on any atom is -0.409 e. The summed E-state index contributed by atoms with van der Waals surface area (Å²) < 4.78 is 6.96. The molecule has 2 unspecified atom stereocenters. The molecule has 154 valence electrons. The lowest BCUT2D eigenvalue weighted by atomic mass is 9.83. The zero-order valence-electron chi connectivity index (χ0n) is 18.9. The highest BCUT2D eigenvalue weighted by atomic mass is 28.4. The van der Waals surface area contributed by atoms with Crippen LogP contribution in [0.15, 0.2) is 24.3 Å². The highest BCUT2D eigenvalue weighted by Gasteiger charge is 2.37. The summed E-state index contributed by atoms with van der Waals surface area (Å²) in [5, 5.41) is 3.80. The van der Waals surface area contributed by atoms with Crippen molar-refractivity contribution >= 4 is 8.32 Å². The molecule has 2 nitrogen and oxygen atoms in total. The van der Waals surface area contributed by atoms with Crippen LogP contribution in [0.2, 0.25) is 18.1 Å². The largest absolute Gasteiger partial charge is 0.409 e. The molecule has 1 aromatic rings. The Morgan fingerprint density at radius 1 is 1.15 bits per heavy atom. The summed E-state index contributed by atoms with van der Waals surface area (Å²) in [4.78, 5) is 0. The molecule has 0 aliphatic heterocycles. The molecular formula is C24H43NOSi. The molecule has 1 aliphatic rings. The van der Waals surface area contributed by atoms with Crippen molar-refractivity contribution in [3.05, 3.63) is 35.4 Å². The van der Waals surface area contributed by atoms with Crippen molar-refractivity contribution in [2.75, 3.05) is 13.1 Å². The minimum absolute atomic E-state index is 0.185. The van der Waals surface area contributed by atoms with Gasteiger partial charge in [0.25, 0.3) is 0 Å². The van der Waals surface area contributed by atoms with Gasteiger partial charge < -0.3 is 9.74 Å². The van der Waals surface area contributed by atoms with Crippen molar-refractivity contribution in [3.8, 4) is 0 Å². The lowest BCUT2D eigenvalue weighted by Crippen LogP contribution is -2.40. The van der Waals surface area contributed by atoms with Crippen LogP contribution in [0.25, 0.3) is 0 Å². The Labute approximate surface area is 169 Å². The second-order valence-corrected chi connectivity index (χ2v) is 14.3. The summed E-state index contributed by atoms with van der Waals surface area (Å²) in [5.41, 5.74) is 3.22. The van der Waals surface area contributed by atoms with Crippen LogP contribution < -0.4 is 5.32 Å². The molecule has 0 bridgehead atoms. The first kappa shape index (κ1) is 22.6. The van der Waals surface area contributed by atoms with E-state index in [4.69, 9.17) is 4.43 Å². The lowest BCUT2D eigenvalue weighted by Gasteiger charge is -2.34. The van der Waals surface area contributed by atoms with Gasteiger partial charge in [-0.05, 0) is 72.8 Å². The van der Waals surface area contributed by atoms with Gasteiger partial charge in [-0.25, -0.2) is 0 Å². The van der Waals surface area contributed by atoms with Gasteiger partial charge in [0.05, 0.1) is 6.10 Å². The minimum atomic E-state index is -1.64. The van der Waals surface area contributed by atoms with E-state index in [0.717, 1.165) is 24.9 Å². The zero-order chi connectivity index (χ0) is 20.1. The van der Waals surface area contributed by atoms with E-state index in [1.165, 1.54) is 42.1 Å². The van der Waals surface area contributed by atoms with Crippen molar-refractivity contribution in [1.29, 1.82) is 0 Å². The monoisotopic (exact) mass is 389 g/mol. The van der Waals surface area contributed by atoms with Crippen LogP contribution in [0.1, 0.15) is 71.6 Å². The van der Waals surface area contributed by atoms with Crippen LogP contribution in [0, 0.1) is 24.2 Å². The maximum atomic E-state index is 6.96. The highest BCUT2D eigenvalue weighted by molar-refractivity contribution is 6.73. The summed E-state index contributed by atoms with van der Waals surface area (Å²) in [6, 6.07) is 12.4. The first-order valence-corrected chi connectivity index (χ1v) is 13.7. The number of rotatable bonds is 10. The fourth-order valence-electron chi connectivity index (χ4n) is 4.89. The van der Waals surface area contributed by atoms with Crippen molar-refractivity contribution in [2.45, 2.75) is 85.5 Å². The van der Waals surface area contributed by atoms with Crippen molar-refractivity contribution < 1.29 is 4.43 Å². The Balaban J connectivity index is 2.06. The van der Waals surface area contributed by atoms with Crippen molar-refractivity contribution in [2.24, 2.45) is 17.3 Å². The Bertz CT molecular complexity index is 573. The third-order valence-corrected chi connectivity index (χ3v) is 12.1. The van der Waals surface area contributed by atoms with Crippen LogP contribution in [-0.2, 0) is 4.43 Å². The molecule has 0 aromatic heterocycles. The third-order valence-electron chi connectivity index (χ3n) is 7.46. The molecule has 3 heteroatoms. The fraction of sp³-hybridized carbons (Fsp3) is 0.750. The second kappa shape index (κ2) is 9.71. The van der Waals surface area contributed by atoms with E-state index in [0.29, 0.717) is 5.41 Å². The van der Waals surface area contributed by atoms with E-state index in [2.05, 4.69) is 78.0 Å². The summed E-state index contributed by atoms with van der Waals surface area (Å²) in [7, 11) is -1.64. The molecule has 27 heavy (non-hydrogen) atoms. The number of aryl methyl sites for hydroxylation is 1. The Hall–Kier alpha value is -0.643. The third kappa shape index (κ3) is 5.68. The molecule has 1 saturated carbocycles. The normalized spacial score (nSPS) is 23.5. The van der Waals surface area contributed by atoms with E-state index >= 15 is 0 Å². The maximum absolute atomic E-state index is 6.96. The van der Waals surface area contributed by atoms with Gasteiger partial charge in [0.2, 0.25) is 0 Å². The molecule has 1 N–H and O–H groups in total. The van der Waals surface area contributed by atoms with Gasteiger partial charge in [0.1, 0.15) is 0 Å². The first-order chi connectivity index (χ1) is 12.8. The highest BCUT2D eigenvalue weighted by Crippen LogP contribution is 2.45. The van der Waals surface area contributed by atoms with E-state index in [1.54, 1.807) is 0 Å². The van der Waals surface area contributed by atoms with Crippen LogP contribution in [-0.4, -0.2) is 21.4 Å². The number of nitrogens with one attached hydrogen (secondary N) is 1. The van der Waals surface area contributed by atoms with Crippen LogP contribution in [0.3, 0.4) is 0 Å². The average molecular weight is 390 g/mol. The van der Waals surface area contributed by atoms with Crippen molar-refractivity contribution in [3.63, 3.8) is 0 Å². The molecule has 1 aliphatic carbocycles. The van der Waals surface area contributed by atoms with Gasteiger partial charge in [-0.3, -0.25) is 0 Å². The molecule has 3 atom stereocenters. The van der Waals surface area contributed by atoms with E-state index < -0.39 is 8.32 Å². The topological polar surface area (TPSA) is 21.3 Å². The number of benzene rings is 1. The number of hydrogen-bond acceptors (Lipinski definition) is 2. The summed E-state index contributed by atoms with van der Waals surface area (Å²) in [6.45, 7) is 18.5. The lowest BCUT2D eigenvalue weighted by molar-refractivity contribution is 0.183. The molecule has 0 spiro atoms. The maximum Gasteiger partial charge on any atom is 0.192 e. The zero-order valence-corrected chi connectivity index (χ0v) is 19.9. The molecule has 0 saturated heterocycles. The molecule has 1 aromatic carbocycles. The molecule has 1 fully saturated rings. The smallest absolute Gasteiger partial charge is 0.192 e. The van der Waals surface area contributed by atoms with Crippen LogP contribution in [0.5, 0.6) is 0 Å². The molecule has 0 amide bonds. The first-order valence-electron chi connectivity index (χ1n) is 11.2. The summed E-state index contributed by atoms with van der Waals surface area (Å²) >= 11 is 0. The van der Waals surface area contributed by atoms with E-state index in [1.807, 2.05) is 0 Å². The summed E-state index contributed by atoms with van der Waals surface area (Å²) in [5.74, 6) is 1.63. The Morgan fingerprint density at radius 2 is 1.78 bits per heavy atom. The van der Waals surface area contributed by atoms with Gasteiger partial charge in [-0.1, -0.05) is 65.8 Å². The van der Waals surface area contributed by atoms with Gasteiger partial charge in [-0.15, -0.1) is 0 Å². The van der Waals surface area contributed by atoms with Gasteiger partial charge in [-0.2, -0.15) is 0 Å². The van der Waals surface area contributed by atoms with Crippen LogP contribution >= 0.6 is 0 Å². The molecule has 0 radical (unpaired) electrons. The number of hydrogen-bond donors (Lipinski definition) is 1. The predicted octanol–water partition coefficient (Wildman–Crippen LogP) is 6.72. The quantitative estimate of drug-likeness (QED) is 0.448. The van der Waals surface area contributed by atoms with Crippen molar-refractivity contribution in [1.82, 2.24) is 5.32 Å². The SMILES string of the molecule is CC[Si](CC)(CC)OC(CNCC1C[C@@H](C)C(C)(C)C1)c1ccccc1C. The van der Waals surface area contributed by atoms with E-state index in [-0.39, 0.29) is 6.10 Å². The van der Waals surface area contributed by atoms with E-state index in [9.17, 15) is 0 Å².